The smallest absolute Gasteiger partial charge is 0.119 e. The second-order valence-electron chi connectivity index (χ2n) is 5.23. The van der Waals surface area contributed by atoms with Crippen LogP contribution in [0.3, 0.4) is 0 Å². The van der Waals surface area contributed by atoms with Gasteiger partial charge in [-0.25, -0.2) is 0 Å². The number of phenols is 1. The van der Waals surface area contributed by atoms with Crippen LogP contribution < -0.4 is 5.32 Å². The Morgan fingerprint density at radius 2 is 2.32 bits per heavy atom. The molecule has 4 nitrogen and oxygen atoms in total. The molecule has 1 aliphatic rings. The lowest BCUT2D eigenvalue weighted by Gasteiger charge is -2.13. The van der Waals surface area contributed by atoms with Gasteiger partial charge >= 0.3 is 0 Å². The van der Waals surface area contributed by atoms with Crippen molar-refractivity contribution < 1.29 is 5.11 Å². The van der Waals surface area contributed by atoms with Crippen LogP contribution in [-0.2, 0) is 20.0 Å². The predicted octanol–water partition coefficient (Wildman–Crippen LogP) is 2.21. The maximum atomic E-state index is 9.84. The van der Waals surface area contributed by atoms with Crippen LogP contribution in [0.15, 0.2) is 24.4 Å². The molecule has 1 aromatic carbocycles. The SMILES string of the molecule is Cc1nn(C)cc1CNC1CCc2c(O)cccc21. The first kappa shape index (κ1) is 12.2. The summed E-state index contributed by atoms with van der Waals surface area (Å²) in [5, 5.41) is 17.8. The first-order valence-corrected chi connectivity index (χ1v) is 6.68. The Morgan fingerprint density at radius 3 is 3.05 bits per heavy atom. The van der Waals surface area contributed by atoms with Gasteiger partial charge in [-0.05, 0) is 37.0 Å². The summed E-state index contributed by atoms with van der Waals surface area (Å²) in [4.78, 5) is 0. The highest BCUT2D eigenvalue weighted by Gasteiger charge is 2.24. The van der Waals surface area contributed by atoms with Crippen molar-refractivity contribution in [3.63, 3.8) is 0 Å². The summed E-state index contributed by atoms with van der Waals surface area (Å²) in [6.45, 7) is 2.85. The molecule has 19 heavy (non-hydrogen) atoms. The Bertz CT molecular complexity index is 603. The number of nitrogens with one attached hydrogen (secondary N) is 1. The average Bonchev–Trinajstić information content (AvgIpc) is 2.91. The molecule has 4 heteroatoms. The van der Waals surface area contributed by atoms with Crippen molar-refractivity contribution in [1.29, 1.82) is 0 Å². The summed E-state index contributed by atoms with van der Waals surface area (Å²) in [6.07, 6.45) is 4.05. The molecule has 0 bridgehead atoms. The van der Waals surface area contributed by atoms with Gasteiger partial charge in [-0.2, -0.15) is 5.10 Å². The molecule has 2 N–H and O–H groups in total. The molecular weight excluding hydrogens is 238 g/mol. The van der Waals surface area contributed by atoms with Crippen LogP contribution >= 0.6 is 0 Å². The van der Waals surface area contributed by atoms with Crippen molar-refractivity contribution in [3.05, 3.63) is 46.8 Å². The van der Waals surface area contributed by atoms with Crippen LogP contribution in [0.2, 0.25) is 0 Å². The summed E-state index contributed by atoms with van der Waals surface area (Å²) in [5.74, 6) is 0.430. The van der Waals surface area contributed by atoms with Gasteiger partial charge in [0.15, 0.2) is 0 Å². The highest BCUT2D eigenvalue weighted by atomic mass is 16.3. The van der Waals surface area contributed by atoms with Gasteiger partial charge in [0.1, 0.15) is 5.75 Å². The topological polar surface area (TPSA) is 50.1 Å². The van der Waals surface area contributed by atoms with E-state index in [2.05, 4.69) is 22.7 Å². The largest absolute Gasteiger partial charge is 0.508 e. The molecule has 1 aromatic heterocycles. The van der Waals surface area contributed by atoms with Crippen molar-refractivity contribution in [2.24, 2.45) is 7.05 Å². The predicted molar refractivity (Wildman–Crippen MR) is 74.0 cm³/mol. The zero-order chi connectivity index (χ0) is 13.4. The van der Waals surface area contributed by atoms with Crippen LogP contribution in [-0.4, -0.2) is 14.9 Å². The molecule has 0 fully saturated rings. The van der Waals surface area contributed by atoms with Gasteiger partial charge in [0.2, 0.25) is 0 Å². The van der Waals surface area contributed by atoms with Crippen LogP contribution in [0.1, 0.15) is 34.8 Å². The highest BCUT2D eigenvalue weighted by Crippen LogP contribution is 2.36. The maximum Gasteiger partial charge on any atom is 0.119 e. The van der Waals surface area contributed by atoms with Crippen molar-refractivity contribution in [2.45, 2.75) is 32.4 Å². The number of benzene rings is 1. The van der Waals surface area contributed by atoms with Crippen molar-refractivity contribution in [1.82, 2.24) is 15.1 Å². The summed E-state index contributed by atoms with van der Waals surface area (Å²) < 4.78 is 1.85. The summed E-state index contributed by atoms with van der Waals surface area (Å²) >= 11 is 0. The van der Waals surface area contributed by atoms with E-state index in [1.54, 1.807) is 6.07 Å². The van der Waals surface area contributed by atoms with Crippen molar-refractivity contribution in [3.8, 4) is 5.75 Å². The van der Waals surface area contributed by atoms with E-state index in [1.807, 2.05) is 24.7 Å². The third-order valence-corrected chi connectivity index (χ3v) is 3.90. The van der Waals surface area contributed by atoms with E-state index in [-0.39, 0.29) is 0 Å². The van der Waals surface area contributed by atoms with Gasteiger partial charge < -0.3 is 10.4 Å². The molecule has 1 heterocycles. The Kier molecular flexibility index (Phi) is 3.03. The van der Waals surface area contributed by atoms with Crippen LogP contribution in [0.5, 0.6) is 5.75 Å². The number of phenolic OH excluding ortho intramolecular Hbond substituents is 1. The van der Waals surface area contributed by atoms with Gasteiger partial charge in [0, 0.05) is 31.4 Å². The normalized spacial score (nSPS) is 17.7. The van der Waals surface area contributed by atoms with Gasteiger partial charge in [-0.1, -0.05) is 12.1 Å². The second kappa shape index (κ2) is 4.70. The number of hydrogen-bond acceptors (Lipinski definition) is 3. The Labute approximate surface area is 113 Å². The monoisotopic (exact) mass is 257 g/mol. The first-order chi connectivity index (χ1) is 9.15. The standard InChI is InChI=1S/C15H19N3O/c1-10-11(9-18(2)17-10)8-16-14-7-6-13-12(14)4-3-5-15(13)19/h3-5,9,14,16,19H,6-8H2,1-2H3. The van der Waals surface area contributed by atoms with Gasteiger partial charge in [-0.3, -0.25) is 4.68 Å². The average molecular weight is 257 g/mol. The molecule has 0 saturated carbocycles. The number of hydrogen-bond donors (Lipinski definition) is 2. The van der Waals surface area contributed by atoms with Crippen LogP contribution in [0, 0.1) is 6.92 Å². The number of aromatic hydroxyl groups is 1. The number of aromatic nitrogens is 2. The van der Waals surface area contributed by atoms with Crippen molar-refractivity contribution >= 4 is 0 Å². The molecule has 0 radical (unpaired) electrons. The zero-order valence-corrected chi connectivity index (χ0v) is 11.3. The third kappa shape index (κ3) is 2.24. The summed E-state index contributed by atoms with van der Waals surface area (Å²) in [6, 6.07) is 6.13. The van der Waals surface area contributed by atoms with Gasteiger partial charge in [0.05, 0.1) is 5.69 Å². The highest BCUT2D eigenvalue weighted by molar-refractivity contribution is 5.44. The fourth-order valence-electron chi connectivity index (χ4n) is 2.90. The molecule has 0 saturated heterocycles. The minimum atomic E-state index is 0.335. The Balaban J connectivity index is 1.73. The van der Waals surface area contributed by atoms with Crippen molar-refractivity contribution in [2.75, 3.05) is 0 Å². The van der Waals surface area contributed by atoms with E-state index in [0.29, 0.717) is 11.8 Å². The molecule has 0 aliphatic heterocycles. The first-order valence-electron chi connectivity index (χ1n) is 6.68. The second-order valence-corrected chi connectivity index (χ2v) is 5.23. The number of nitrogens with zero attached hydrogens (tertiary/aromatic N) is 2. The molecule has 100 valence electrons. The molecule has 0 amide bonds. The zero-order valence-electron chi connectivity index (χ0n) is 11.3. The summed E-state index contributed by atoms with van der Waals surface area (Å²) in [5.41, 5.74) is 4.64. The fourth-order valence-corrected chi connectivity index (χ4v) is 2.90. The molecular formula is C15H19N3O. The van der Waals surface area contributed by atoms with Crippen LogP contribution in [0.25, 0.3) is 0 Å². The number of fused-ring (bicyclic) bond motifs is 1. The number of rotatable bonds is 3. The lowest BCUT2D eigenvalue weighted by molar-refractivity contribution is 0.469. The van der Waals surface area contributed by atoms with E-state index in [9.17, 15) is 5.11 Å². The Morgan fingerprint density at radius 1 is 1.47 bits per heavy atom. The molecule has 0 spiro atoms. The van der Waals surface area contributed by atoms with E-state index in [0.717, 1.165) is 30.6 Å². The molecule has 2 aromatic rings. The van der Waals surface area contributed by atoms with E-state index >= 15 is 0 Å². The van der Waals surface area contributed by atoms with E-state index in [1.165, 1.54) is 11.1 Å². The van der Waals surface area contributed by atoms with Crippen LogP contribution in [0.4, 0.5) is 0 Å². The summed E-state index contributed by atoms with van der Waals surface area (Å²) in [7, 11) is 1.94. The maximum absolute atomic E-state index is 9.84. The lowest BCUT2D eigenvalue weighted by atomic mass is 10.1. The lowest BCUT2D eigenvalue weighted by Crippen LogP contribution is -2.18. The van der Waals surface area contributed by atoms with E-state index in [4.69, 9.17) is 0 Å². The van der Waals surface area contributed by atoms with E-state index < -0.39 is 0 Å². The number of aryl methyl sites for hydroxylation is 2. The van der Waals surface area contributed by atoms with Gasteiger partial charge in [0.25, 0.3) is 0 Å². The Hall–Kier alpha value is -1.81. The molecule has 1 unspecified atom stereocenters. The fraction of sp³-hybridized carbons (Fsp3) is 0.400. The molecule has 1 aliphatic carbocycles. The third-order valence-electron chi connectivity index (χ3n) is 3.90. The molecule has 3 rings (SSSR count). The minimum Gasteiger partial charge on any atom is -0.508 e. The van der Waals surface area contributed by atoms with Gasteiger partial charge in [-0.15, -0.1) is 0 Å². The molecule has 1 atom stereocenters. The quantitative estimate of drug-likeness (QED) is 0.886. The minimum absolute atomic E-state index is 0.335.